The predicted octanol–water partition coefficient (Wildman–Crippen LogP) is 3.55. The maximum atomic E-state index is 4.59. The van der Waals surface area contributed by atoms with Crippen LogP contribution in [0.5, 0.6) is 0 Å². The molecule has 5 nitrogen and oxygen atoms in total. The zero-order chi connectivity index (χ0) is 15.7. The van der Waals surface area contributed by atoms with Crippen LogP contribution in [0.2, 0.25) is 0 Å². The molecule has 3 rings (SSSR count). The molecule has 0 unspecified atom stereocenters. The van der Waals surface area contributed by atoms with Gasteiger partial charge in [-0.3, -0.25) is 4.68 Å². The molecule has 0 atom stereocenters. The lowest BCUT2D eigenvalue weighted by Gasteiger charge is -2.08. The summed E-state index contributed by atoms with van der Waals surface area (Å²) in [5.41, 5.74) is 6.34. The Morgan fingerprint density at radius 1 is 1.05 bits per heavy atom. The van der Waals surface area contributed by atoms with Crippen molar-refractivity contribution in [3.05, 3.63) is 53.5 Å². The largest absolute Gasteiger partial charge is 0.324 e. The molecular weight excluding hydrogens is 274 g/mol. The van der Waals surface area contributed by atoms with Crippen molar-refractivity contribution in [2.75, 3.05) is 5.32 Å². The fourth-order valence-corrected chi connectivity index (χ4v) is 2.37. The van der Waals surface area contributed by atoms with Crippen molar-refractivity contribution in [2.45, 2.75) is 20.8 Å². The minimum Gasteiger partial charge on any atom is -0.324 e. The van der Waals surface area contributed by atoms with Crippen molar-refractivity contribution in [1.29, 1.82) is 0 Å². The second kappa shape index (κ2) is 5.60. The van der Waals surface area contributed by atoms with Gasteiger partial charge in [-0.05, 0) is 50.1 Å². The van der Waals surface area contributed by atoms with Crippen molar-refractivity contribution in [1.82, 2.24) is 19.7 Å². The summed E-state index contributed by atoms with van der Waals surface area (Å²) in [5.74, 6) is 0.587. The molecule has 1 aromatic carbocycles. The smallest absolute Gasteiger partial charge is 0.227 e. The van der Waals surface area contributed by atoms with Crippen LogP contribution in [0.4, 0.5) is 11.6 Å². The van der Waals surface area contributed by atoms with Gasteiger partial charge in [-0.2, -0.15) is 5.10 Å². The molecule has 5 heteroatoms. The minimum absolute atomic E-state index is 0.587. The van der Waals surface area contributed by atoms with E-state index in [-0.39, 0.29) is 0 Å². The molecule has 22 heavy (non-hydrogen) atoms. The van der Waals surface area contributed by atoms with E-state index in [1.165, 1.54) is 11.1 Å². The summed E-state index contributed by atoms with van der Waals surface area (Å²) in [6.07, 6.45) is 3.73. The number of benzene rings is 1. The number of hydrogen-bond donors (Lipinski definition) is 1. The van der Waals surface area contributed by atoms with E-state index in [1.807, 2.05) is 32.3 Å². The highest BCUT2D eigenvalue weighted by Gasteiger charge is 2.09. The Hall–Kier alpha value is -2.69. The first-order valence-electron chi connectivity index (χ1n) is 7.21. The van der Waals surface area contributed by atoms with Gasteiger partial charge in [-0.1, -0.05) is 6.07 Å². The van der Waals surface area contributed by atoms with Crippen LogP contribution in [0.15, 0.2) is 36.7 Å². The summed E-state index contributed by atoms with van der Waals surface area (Å²) in [6.45, 7) is 6.17. The van der Waals surface area contributed by atoms with E-state index >= 15 is 0 Å². The van der Waals surface area contributed by atoms with Gasteiger partial charge in [-0.25, -0.2) is 9.97 Å². The van der Waals surface area contributed by atoms with Crippen LogP contribution in [0.1, 0.15) is 16.8 Å². The van der Waals surface area contributed by atoms with Crippen LogP contribution in [0.3, 0.4) is 0 Å². The van der Waals surface area contributed by atoms with E-state index < -0.39 is 0 Å². The van der Waals surface area contributed by atoms with E-state index in [2.05, 4.69) is 46.4 Å². The Kier molecular flexibility index (Phi) is 3.63. The number of hydrogen-bond acceptors (Lipinski definition) is 4. The fourth-order valence-electron chi connectivity index (χ4n) is 2.37. The van der Waals surface area contributed by atoms with Gasteiger partial charge >= 0.3 is 0 Å². The molecule has 112 valence electrons. The van der Waals surface area contributed by atoms with Crippen molar-refractivity contribution in [3.8, 4) is 11.3 Å². The third-order valence-corrected chi connectivity index (χ3v) is 3.71. The highest BCUT2D eigenvalue weighted by atomic mass is 15.3. The zero-order valence-electron chi connectivity index (χ0n) is 13.3. The summed E-state index contributed by atoms with van der Waals surface area (Å²) >= 11 is 0. The topological polar surface area (TPSA) is 55.6 Å². The molecule has 0 amide bonds. The maximum absolute atomic E-state index is 4.59. The fraction of sp³-hybridized carbons (Fsp3) is 0.235. The average Bonchev–Trinajstić information content (AvgIpc) is 2.82. The normalized spacial score (nSPS) is 10.7. The number of aromatic nitrogens is 4. The van der Waals surface area contributed by atoms with Gasteiger partial charge in [0, 0.05) is 30.7 Å². The molecule has 0 saturated carbocycles. The average molecular weight is 293 g/mol. The molecule has 0 aliphatic rings. The Balaban J connectivity index is 1.91. The summed E-state index contributed by atoms with van der Waals surface area (Å²) in [5, 5.41) is 7.62. The molecule has 3 aromatic rings. The van der Waals surface area contributed by atoms with Crippen LogP contribution in [-0.2, 0) is 7.05 Å². The number of aryl methyl sites for hydroxylation is 4. The lowest BCUT2D eigenvalue weighted by Crippen LogP contribution is -1.98. The first kappa shape index (κ1) is 14.3. The third-order valence-electron chi connectivity index (χ3n) is 3.71. The first-order valence-corrected chi connectivity index (χ1v) is 7.21. The molecule has 0 spiro atoms. The van der Waals surface area contributed by atoms with E-state index in [1.54, 1.807) is 10.9 Å². The van der Waals surface area contributed by atoms with Crippen molar-refractivity contribution in [3.63, 3.8) is 0 Å². The van der Waals surface area contributed by atoms with E-state index in [9.17, 15) is 0 Å². The van der Waals surface area contributed by atoms with Crippen LogP contribution in [0.25, 0.3) is 11.3 Å². The van der Waals surface area contributed by atoms with Crippen molar-refractivity contribution in [2.24, 2.45) is 7.05 Å². The molecule has 0 aliphatic carbocycles. The standard InChI is InChI=1S/C17H19N5/c1-11-5-6-14(9-12(11)2)19-17-18-8-7-16(20-17)15-10-22(4)21-13(15)3/h5-10H,1-4H3,(H,18,19,20). The van der Waals surface area contributed by atoms with Gasteiger partial charge in [0.25, 0.3) is 0 Å². The van der Waals surface area contributed by atoms with E-state index in [0.29, 0.717) is 5.95 Å². The Bertz CT molecular complexity index is 820. The van der Waals surface area contributed by atoms with Gasteiger partial charge in [0.1, 0.15) is 0 Å². The lowest BCUT2D eigenvalue weighted by atomic mass is 10.1. The molecule has 0 aliphatic heterocycles. The lowest BCUT2D eigenvalue weighted by molar-refractivity contribution is 0.756. The van der Waals surface area contributed by atoms with Crippen LogP contribution >= 0.6 is 0 Å². The first-order chi connectivity index (χ1) is 10.5. The third kappa shape index (κ3) is 2.83. The Morgan fingerprint density at radius 2 is 1.86 bits per heavy atom. The van der Waals surface area contributed by atoms with Gasteiger partial charge in [0.15, 0.2) is 0 Å². The second-order valence-electron chi connectivity index (χ2n) is 5.49. The monoisotopic (exact) mass is 293 g/mol. The molecular formula is C17H19N5. The van der Waals surface area contributed by atoms with E-state index in [0.717, 1.165) is 22.6 Å². The van der Waals surface area contributed by atoms with Gasteiger partial charge < -0.3 is 5.32 Å². The molecule has 1 N–H and O–H groups in total. The maximum Gasteiger partial charge on any atom is 0.227 e. The minimum atomic E-state index is 0.587. The molecule has 0 fully saturated rings. The van der Waals surface area contributed by atoms with Crippen LogP contribution in [0, 0.1) is 20.8 Å². The van der Waals surface area contributed by atoms with Gasteiger partial charge in [-0.15, -0.1) is 0 Å². The summed E-state index contributed by atoms with van der Waals surface area (Å²) in [4.78, 5) is 8.89. The quantitative estimate of drug-likeness (QED) is 0.802. The van der Waals surface area contributed by atoms with Crippen molar-refractivity contribution >= 4 is 11.6 Å². The van der Waals surface area contributed by atoms with Gasteiger partial charge in [0.2, 0.25) is 5.95 Å². The number of nitrogens with zero attached hydrogens (tertiary/aromatic N) is 4. The van der Waals surface area contributed by atoms with Crippen LogP contribution in [-0.4, -0.2) is 19.7 Å². The Labute approximate surface area is 130 Å². The summed E-state index contributed by atoms with van der Waals surface area (Å²) in [6, 6.07) is 8.12. The second-order valence-corrected chi connectivity index (χ2v) is 5.49. The molecule has 2 heterocycles. The van der Waals surface area contributed by atoms with Gasteiger partial charge in [0.05, 0.1) is 11.4 Å². The molecule has 2 aromatic heterocycles. The number of anilines is 2. The summed E-state index contributed by atoms with van der Waals surface area (Å²) < 4.78 is 1.79. The Morgan fingerprint density at radius 3 is 2.55 bits per heavy atom. The summed E-state index contributed by atoms with van der Waals surface area (Å²) in [7, 11) is 1.91. The molecule has 0 bridgehead atoms. The SMILES string of the molecule is Cc1ccc(Nc2nccc(-c3cn(C)nc3C)n2)cc1C. The number of rotatable bonds is 3. The van der Waals surface area contributed by atoms with Crippen LogP contribution < -0.4 is 5.32 Å². The van der Waals surface area contributed by atoms with Crippen molar-refractivity contribution < 1.29 is 0 Å². The van der Waals surface area contributed by atoms with E-state index in [4.69, 9.17) is 0 Å². The number of nitrogens with one attached hydrogen (secondary N) is 1. The molecule has 0 radical (unpaired) electrons. The highest BCUT2D eigenvalue weighted by molar-refractivity contribution is 5.63. The predicted molar refractivity (Wildman–Crippen MR) is 88.2 cm³/mol. The molecule has 0 saturated heterocycles. The zero-order valence-corrected chi connectivity index (χ0v) is 13.3. The highest BCUT2D eigenvalue weighted by Crippen LogP contribution is 2.22.